The van der Waals surface area contributed by atoms with Crippen molar-refractivity contribution < 1.29 is 9.59 Å². The molecular weight excluding hydrogens is 324 g/mol. The summed E-state index contributed by atoms with van der Waals surface area (Å²) in [7, 11) is 1.80. The molecule has 1 aliphatic rings. The number of hydrogen-bond donors (Lipinski definition) is 2. The van der Waals surface area contributed by atoms with Crippen LogP contribution >= 0.6 is 12.2 Å². The number of hydrogen-bond acceptors (Lipinski definition) is 3. The lowest BCUT2D eigenvalue weighted by molar-refractivity contribution is -0.137. The molecule has 1 saturated heterocycles. The Hall–Kier alpha value is -2.15. The summed E-state index contributed by atoms with van der Waals surface area (Å²) < 4.78 is 0. The molecule has 0 saturated carbocycles. The fraction of sp³-hybridized carbons (Fsp3) is 0.471. The van der Waals surface area contributed by atoms with Gasteiger partial charge in [-0.05, 0) is 17.8 Å². The zero-order valence-electron chi connectivity index (χ0n) is 14.1. The SMILES string of the molecule is CNC(=S)N1CCN(C(=O)C(Cc2ccccc2)NC(C)=O)CC1. The largest absolute Gasteiger partial charge is 0.366 e. The Morgan fingerprint density at radius 2 is 1.71 bits per heavy atom. The van der Waals surface area contributed by atoms with Crippen molar-refractivity contribution in [2.75, 3.05) is 33.2 Å². The van der Waals surface area contributed by atoms with Crippen molar-refractivity contribution in [3.63, 3.8) is 0 Å². The van der Waals surface area contributed by atoms with Crippen LogP contribution in [0.3, 0.4) is 0 Å². The average molecular weight is 348 g/mol. The Morgan fingerprint density at radius 3 is 2.25 bits per heavy atom. The number of carbonyl (C=O) groups is 2. The molecule has 2 rings (SSSR count). The van der Waals surface area contributed by atoms with E-state index in [0.717, 1.165) is 5.56 Å². The summed E-state index contributed by atoms with van der Waals surface area (Å²) in [5.41, 5.74) is 1.03. The van der Waals surface area contributed by atoms with Crippen molar-refractivity contribution in [2.45, 2.75) is 19.4 Å². The third-order valence-corrected chi connectivity index (χ3v) is 4.51. The van der Waals surface area contributed by atoms with Gasteiger partial charge in [0, 0.05) is 46.6 Å². The van der Waals surface area contributed by atoms with Gasteiger partial charge in [-0.3, -0.25) is 9.59 Å². The van der Waals surface area contributed by atoms with E-state index in [0.29, 0.717) is 37.7 Å². The second-order valence-electron chi connectivity index (χ2n) is 5.81. The lowest BCUT2D eigenvalue weighted by Gasteiger charge is -2.37. The van der Waals surface area contributed by atoms with Gasteiger partial charge in [0.15, 0.2) is 5.11 Å². The molecule has 0 aliphatic carbocycles. The number of nitrogens with zero attached hydrogens (tertiary/aromatic N) is 2. The van der Waals surface area contributed by atoms with Gasteiger partial charge in [-0.1, -0.05) is 30.3 Å². The van der Waals surface area contributed by atoms with E-state index >= 15 is 0 Å². The minimum atomic E-state index is -0.535. The highest BCUT2D eigenvalue weighted by molar-refractivity contribution is 7.80. The first-order valence-electron chi connectivity index (χ1n) is 8.07. The van der Waals surface area contributed by atoms with Crippen LogP contribution in [0.2, 0.25) is 0 Å². The van der Waals surface area contributed by atoms with Crippen molar-refractivity contribution in [2.24, 2.45) is 0 Å². The molecule has 24 heavy (non-hydrogen) atoms. The quantitative estimate of drug-likeness (QED) is 0.771. The van der Waals surface area contributed by atoms with E-state index in [1.807, 2.05) is 35.2 Å². The van der Waals surface area contributed by atoms with Crippen LogP contribution in [0.5, 0.6) is 0 Å². The smallest absolute Gasteiger partial charge is 0.245 e. The van der Waals surface area contributed by atoms with Crippen LogP contribution in [0.15, 0.2) is 30.3 Å². The van der Waals surface area contributed by atoms with Crippen LogP contribution in [0.4, 0.5) is 0 Å². The van der Waals surface area contributed by atoms with Crippen LogP contribution in [0.1, 0.15) is 12.5 Å². The predicted molar refractivity (Wildman–Crippen MR) is 97.6 cm³/mol. The molecular formula is C17H24N4O2S. The maximum absolute atomic E-state index is 12.8. The van der Waals surface area contributed by atoms with Crippen molar-refractivity contribution >= 4 is 29.1 Å². The second-order valence-corrected chi connectivity index (χ2v) is 6.20. The highest BCUT2D eigenvalue weighted by atomic mass is 32.1. The number of piperazine rings is 1. The van der Waals surface area contributed by atoms with Gasteiger partial charge in [-0.15, -0.1) is 0 Å². The maximum Gasteiger partial charge on any atom is 0.245 e. The summed E-state index contributed by atoms with van der Waals surface area (Å²) in [5.74, 6) is -0.233. The molecule has 2 amide bonds. The van der Waals surface area contributed by atoms with E-state index in [2.05, 4.69) is 10.6 Å². The molecule has 0 radical (unpaired) electrons. The van der Waals surface area contributed by atoms with Crippen LogP contribution in [0, 0.1) is 0 Å². The molecule has 2 N–H and O–H groups in total. The van der Waals surface area contributed by atoms with Gasteiger partial charge in [0.1, 0.15) is 6.04 Å². The Bertz CT molecular complexity index is 586. The Morgan fingerprint density at radius 1 is 1.12 bits per heavy atom. The molecule has 1 unspecified atom stereocenters. The second kappa shape index (κ2) is 8.63. The Kier molecular flexibility index (Phi) is 6.54. The van der Waals surface area contributed by atoms with Crippen LogP contribution in [-0.2, 0) is 16.0 Å². The summed E-state index contributed by atoms with van der Waals surface area (Å²) in [6.07, 6.45) is 0.494. The van der Waals surface area contributed by atoms with Gasteiger partial charge in [-0.25, -0.2) is 0 Å². The van der Waals surface area contributed by atoms with Crippen LogP contribution < -0.4 is 10.6 Å². The number of amides is 2. The molecule has 1 atom stereocenters. The van der Waals surface area contributed by atoms with Gasteiger partial charge < -0.3 is 20.4 Å². The zero-order valence-corrected chi connectivity index (χ0v) is 14.9. The summed E-state index contributed by atoms with van der Waals surface area (Å²) in [6, 6.07) is 9.19. The van der Waals surface area contributed by atoms with Gasteiger partial charge in [-0.2, -0.15) is 0 Å². The van der Waals surface area contributed by atoms with Crippen molar-refractivity contribution in [1.82, 2.24) is 20.4 Å². The van der Waals surface area contributed by atoms with E-state index in [1.165, 1.54) is 6.92 Å². The minimum absolute atomic E-state index is 0.0379. The monoisotopic (exact) mass is 348 g/mol. The topological polar surface area (TPSA) is 64.7 Å². The van der Waals surface area contributed by atoms with Gasteiger partial charge in [0.2, 0.25) is 11.8 Å². The van der Waals surface area contributed by atoms with Crippen LogP contribution in [-0.4, -0.2) is 66.0 Å². The molecule has 0 bridgehead atoms. The molecule has 1 aliphatic heterocycles. The fourth-order valence-corrected chi connectivity index (χ4v) is 2.99. The Labute approximate surface area is 148 Å². The number of nitrogens with one attached hydrogen (secondary N) is 2. The van der Waals surface area contributed by atoms with E-state index in [4.69, 9.17) is 12.2 Å². The number of benzene rings is 1. The highest BCUT2D eigenvalue weighted by Crippen LogP contribution is 2.09. The highest BCUT2D eigenvalue weighted by Gasteiger charge is 2.28. The first kappa shape index (κ1) is 18.2. The minimum Gasteiger partial charge on any atom is -0.366 e. The number of thiocarbonyl (C=S) groups is 1. The summed E-state index contributed by atoms with van der Waals surface area (Å²) in [5, 5.41) is 6.44. The lowest BCUT2D eigenvalue weighted by Crippen LogP contribution is -2.57. The standard InChI is InChI=1S/C17H24N4O2S/c1-13(22)19-15(12-14-6-4-3-5-7-14)16(23)20-8-10-21(11-9-20)17(24)18-2/h3-7,15H,8-12H2,1-2H3,(H,18,24)(H,19,22). The fourth-order valence-electron chi connectivity index (χ4n) is 2.80. The maximum atomic E-state index is 12.8. The molecule has 0 spiro atoms. The zero-order chi connectivity index (χ0) is 17.5. The van der Waals surface area contributed by atoms with Gasteiger partial charge in [0.05, 0.1) is 0 Å². The Balaban J connectivity index is 2.00. The third-order valence-electron chi connectivity index (χ3n) is 4.05. The number of carbonyl (C=O) groups excluding carboxylic acids is 2. The first-order chi connectivity index (χ1) is 11.5. The number of rotatable bonds is 4. The molecule has 130 valence electrons. The third kappa shape index (κ3) is 4.92. The summed E-state index contributed by atoms with van der Waals surface area (Å²) >= 11 is 5.23. The molecule has 1 fully saturated rings. The van der Waals surface area contributed by atoms with Crippen LogP contribution in [0.25, 0.3) is 0 Å². The summed E-state index contributed by atoms with van der Waals surface area (Å²) in [4.78, 5) is 28.2. The van der Waals surface area contributed by atoms with Gasteiger partial charge >= 0.3 is 0 Å². The molecule has 1 aromatic carbocycles. The first-order valence-corrected chi connectivity index (χ1v) is 8.48. The summed E-state index contributed by atoms with van der Waals surface area (Å²) in [6.45, 7) is 4.04. The average Bonchev–Trinajstić information content (AvgIpc) is 2.60. The molecule has 7 heteroatoms. The van der Waals surface area contributed by atoms with Crippen molar-refractivity contribution in [3.8, 4) is 0 Å². The van der Waals surface area contributed by atoms with Gasteiger partial charge in [0.25, 0.3) is 0 Å². The molecule has 0 aromatic heterocycles. The molecule has 6 nitrogen and oxygen atoms in total. The predicted octanol–water partition coefficient (Wildman–Crippen LogP) is 0.382. The van der Waals surface area contributed by atoms with E-state index in [-0.39, 0.29) is 11.8 Å². The van der Waals surface area contributed by atoms with E-state index in [1.54, 1.807) is 11.9 Å². The van der Waals surface area contributed by atoms with E-state index < -0.39 is 6.04 Å². The van der Waals surface area contributed by atoms with Crippen molar-refractivity contribution in [3.05, 3.63) is 35.9 Å². The van der Waals surface area contributed by atoms with E-state index in [9.17, 15) is 9.59 Å². The molecule has 1 heterocycles. The lowest BCUT2D eigenvalue weighted by atomic mass is 10.0. The normalized spacial score (nSPS) is 15.6. The van der Waals surface area contributed by atoms with Crippen molar-refractivity contribution in [1.29, 1.82) is 0 Å². The molecule has 1 aromatic rings.